The third-order valence-electron chi connectivity index (χ3n) is 0.724. The van der Waals surface area contributed by atoms with Gasteiger partial charge in [-0.1, -0.05) is 12.2 Å². The molecule has 0 unspecified atom stereocenters. The lowest BCUT2D eigenvalue weighted by atomic mass is 10.3. The van der Waals surface area contributed by atoms with Crippen LogP contribution in [0.25, 0.3) is 0 Å². The molecular weight excluding hydrogens is 98.1 g/mol. The van der Waals surface area contributed by atoms with Crippen LogP contribution in [0.3, 0.4) is 0 Å². The number of hydrogen-bond acceptors (Lipinski definition) is 1. The summed E-state index contributed by atoms with van der Waals surface area (Å²) < 4.78 is 0. The van der Waals surface area contributed by atoms with Gasteiger partial charge in [-0.05, 0) is 26.1 Å². The third kappa shape index (κ3) is 3.34. The topological polar surface area (TPSA) is 12.4 Å². The van der Waals surface area contributed by atoms with Gasteiger partial charge >= 0.3 is 0 Å². The van der Waals surface area contributed by atoms with Crippen molar-refractivity contribution in [2.45, 2.75) is 13.8 Å². The van der Waals surface area contributed by atoms with Crippen LogP contribution in [0.5, 0.6) is 0 Å². The van der Waals surface area contributed by atoms with Crippen LogP contribution in [-0.2, 0) is 0 Å². The van der Waals surface area contributed by atoms with Gasteiger partial charge in [-0.2, -0.15) is 0 Å². The predicted molar refractivity (Wildman–Crippen MR) is 38.1 cm³/mol. The average molecular weight is 109 g/mol. The smallest absolute Gasteiger partial charge is 0.0289 e. The number of aliphatic imine (C=N–C) groups is 1. The fourth-order valence-corrected chi connectivity index (χ4v) is 0.450. The summed E-state index contributed by atoms with van der Waals surface area (Å²) in [5, 5.41) is 0. The number of rotatable bonds is 2. The van der Waals surface area contributed by atoms with Gasteiger partial charge in [0.15, 0.2) is 0 Å². The summed E-state index contributed by atoms with van der Waals surface area (Å²) in [6.45, 7) is 7.28. The van der Waals surface area contributed by atoms with Gasteiger partial charge in [0.1, 0.15) is 0 Å². The van der Waals surface area contributed by atoms with Crippen LogP contribution < -0.4 is 0 Å². The Kier molecular flexibility index (Phi) is 3.85. The molecule has 1 heteroatoms. The summed E-state index contributed by atoms with van der Waals surface area (Å²) in [4.78, 5) is 3.59. The molecule has 44 valence electrons. The fourth-order valence-electron chi connectivity index (χ4n) is 0.450. The first-order valence-corrected chi connectivity index (χ1v) is 2.56. The molecule has 0 fully saturated rings. The van der Waals surface area contributed by atoms with E-state index < -0.39 is 0 Å². The molecule has 0 N–H and O–H groups in total. The summed E-state index contributed by atoms with van der Waals surface area (Å²) in [5.41, 5.74) is 1.13. The van der Waals surface area contributed by atoms with Crippen LogP contribution >= 0.6 is 0 Å². The standard InChI is InChI=1S/C7H11N/c1-4-5-7(2)6-8-3/h4-6H,3H2,1-2H3/b5-4-,7-6-. The van der Waals surface area contributed by atoms with E-state index in [1.807, 2.05) is 26.0 Å². The fraction of sp³-hybridized carbons (Fsp3) is 0.286. The molecule has 0 radical (unpaired) electrons. The van der Waals surface area contributed by atoms with Gasteiger partial charge in [-0.25, -0.2) is 0 Å². The minimum Gasteiger partial charge on any atom is -0.272 e. The van der Waals surface area contributed by atoms with Gasteiger partial charge in [-0.15, -0.1) is 0 Å². The van der Waals surface area contributed by atoms with Gasteiger partial charge in [0.2, 0.25) is 0 Å². The summed E-state index contributed by atoms with van der Waals surface area (Å²) in [7, 11) is 0. The second kappa shape index (κ2) is 4.31. The SMILES string of the molecule is C=N/C=C(C)\C=C/C. The Morgan fingerprint density at radius 3 is 2.62 bits per heavy atom. The van der Waals surface area contributed by atoms with Crippen molar-refractivity contribution in [3.05, 3.63) is 23.9 Å². The van der Waals surface area contributed by atoms with E-state index in [4.69, 9.17) is 0 Å². The van der Waals surface area contributed by atoms with Crippen LogP contribution in [0, 0.1) is 0 Å². The largest absolute Gasteiger partial charge is 0.272 e. The number of hydrogen-bond donors (Lipinski definition) is 0. The zero-order valence-electron chi connectivity index (χ0n) is 5.39. The van der Waals surface area contributed by atoms with Crippen LogP contribution in [0.2, 0.25) is 0 Å². The molecule has 0 spiro atoms. The second-order valence-electron chi connectivity index (χ2n) is 1.56. The summed E-state index contributed by atoms with van der Waals surface area (Å²) in [5.74, 6) is 0. The molecule has 0 aliphatic carbocycles. The maximum Gasteiger partial charge on any atom is 0.0289 e. The lowest BCUT2D eigenvalue weighted by Gasteiger charge is -1.82. The van der Waals surface area contributed by atoms with E-state index in [9.17, 15) is 0 Å². The molecule has 0 saturated heterocycles. The number of nitrogens with zero attached hydrogens (tertiary/aromatic N) is 1. The first-order chi connectivity index (χ1) is 3.81. The number of allylic oxidation sites excluding steroid dienone is 3. The van der Waals surface area contributed by atoms with Crippen LogP contribution in [0.15, 0.2) is 28.9 Å². The molecule has 0 aromatic rings. The highest BCUT2D eigenvalue weighted by molar-refractivity contribution is 5.28. The molecule has 8 heavy (non-hydrogen) atoms. The lowest BCUT2D eigenvalue weighted by Crippen LogP contribution is -1.62. The Balaban J connectivity index is 3.79. The highest BCUT2D eigenvalue weighted by Gasteiger charge is 1.72. The third-order valence-corrected chi connectivity index (χ3v) is 0.724. The van der Waals surface area contributed by atoms with Crippen LogP contribution in [0.4, 0.5) is 0 Å². The molecule has 0 bridgehead atoms. The maximum atomic E-state index is 3.59. The minimum atomic E-state index is 1.13. The Labute approximate surface area is 50.4 Å². The van der Waals surface area contributed by atoms with Gasteiger partial charge in [0, 0.05) is 6.20 Å². The zero-order chi connectivity index (χ0) is 6.41. The van der Waals surface area contributed by atoms with Crippen molar-refractivity contribution in [1.82, 2.24) is 0 Å². The zero-order valence-corrected chi connectivity index (χ0v) is 5.39. The Hall–Kier alpha value is -0.850. The molecule has 0 saturated carbocycles. The molecule has 0 heterocycles. The Bertz CT molecular complexity index is 120. The highest BCUT2D eigenvalue weighted by Crippen LogP contribution is 1.92. The van der Waals surface area contributed by atoms with Crippen molar-refractivity contribution in [2.75, 3.05) is 0 Å². The van der Waals surface area contributed by atoms with Crippen molar-refractivity contribution >= 4 is 6.72 Å². The van der Waals surface area contributed by atoms with E-state index in [1.165, 1.54) is 0 Å². The molecular formula is C7H11N. The highest BCUT2D eigenvalue weighted by atomic mass is 14.6. The van der Waals surface area contributed by atoms with Gasteiger partial charge in [-0.3, -0.25) is 4.99 Å². The van der Waals surface area contributed by atoms with Crippen LogP contribution in [0.1, 0.15) is 13.8 Å². The van der Waals surface area contributed by atoms with Gasteiger partial charge in [0.25, 0.3) is 0 Å². The van der Waals surface area contributed by atoms with Crippen LogP contribution in [-0.4, -0.2) is 6.72 Å². The molecule has 0 aromatic carbocycles. The van der Waals surface area contributed by atoms with Gasteiger partial charge in [0.05, 0.1) is 0 Å². The van der Waals surface area contributed by atoms with Crippen molar-refractivity contribution in [3.8, 4) is 0 Å². The first kappa shape index (κ1) is 7.15. The summed E-state index contributed by atoms with van der Waals surface area (Å²) in [6.07, 6.45) is 5.67. The van der Waals surface area contributed by atoms with Crippen molar-refractivity contribution in [1.29, 1.82) is 0 Å². The van der Waals surface area contributed by atoms with E-state index in [0.29, 0.717) is 0 Å². The first-order valence-electron chi connectivity index (χ1n) is 2.56. The van der Waals surface area contributed by atoms with E-state index in [-0.39, 0.29) is 0 Å². The molecule has 0 aromatic heterocycles. The quantitative estimate of drug-likeness (QED) is 0.380. The summed E-state index contributed by atoms with van der Waals surface area (Å²) >= 11 is 0. The second-order valence-corrected chi connectivity index (χ2v) is 1.56. The minimum absolute atomic E-state index is 1.13. The van der Waals surface area contributed by atoms with E-state index in [1.54, 1.807) is 6.20 Å². The molecule has 0 rings (SSSR count). The molecule has 0 atom stereocenters. The van der Waals surface area contributed by atoms with Crippen molar-refractivity contribution < 1.29 is 0 Å². The van der Waals surface area contributed by atoms with E-state index in [2.05, 4.69) is 11.7 Å². The maximum absolute atomic E-state index is 3.59. The van der Waals surface area contributed by atoms with Crippen molar-refractivity contribution in [3.63, 3.8) is 0 Å². The normalized spacial score (nSPS) is 12.5. The summed E-state index contributed by atoms with van der Waals surface area (Å²) in [6, 6.07) is 0. The lowest BCUT2D eigenvalue weighted by molar-refractivity contribution is 1.43. The van der Waals surface area contributed by atoms with Crippen molar-refractivity contribution in [2.24, 2.45) is 4.99 Å². The van der Waals surface area contributed by atoms with E-state index in [0.717, 1.165) is 5.57 Å². The monoisotopic (exact) mass is 109 g/mol. The van der Waals surface area contributed by atoms with Gasteiger partial charge < -0.3 is 0 Å². The average Bonchev–Trinajstić information content (AvgIpc) is 1.68. The molecule has 0 aliphatic rings. The molecule has 0 amide bonds. The Morgan fingerprint density at radius 1 is 1.62 bits per heavy atom. The molecule has 0 aliphatic heterocycles. The van der Waals surface area contributed by atoms with E-state index >= 15 is 0 Å². The predicted octanol–water partition coefficient (Wildman–Crippen LogP) is 2.17. The molecule has 1 nitrogen and oxygen atoms in total. The Morgan fingerprint density at radius 2 is 2.25 bits per heavy atom.